The van der Waals surface area contributed by atoms with Crippen LogP contribution in [0.4, 0.5) is 0 Å². The molecule has 3 heterocycles. The molecule has 0 unspecified atom stereocenters. The van der Waals surface area contributed by atoms with E-state index in [4.69, 9.17) is 4.42 Å². The van der Waals surface area contributed by atoms with Crippen LogP contribution in [0.15, 0.2) is 52.3 Å². The molecule has 6 heteroatoms. The summed E-state index contributed by atoms with van der Waals surface area (Å²) in [4.78, 5) is 16.5. The number of fused-ring (bicyclic) bond motifs is 1. The van der Waals surface area contributed by atoms with E-state index < -0.39 is 0 Å². The van der Waals surface area contributed by atoms with Crippen molar-refractivity contribution >= 4 is 22.8 Å². The maximum absolute atomic E-state index is 5.82. The lowest BCUT2D eigenvalue weighted by molar-refractivity contribution is 0.540. The predicted molar refractivity (Wildman–Crippen MR) is 94.9 cm³/mol. The molecule has 0 fully saturated rings. The Hall–Kier alpha value is -2.60. The third-order valence-electron chi connectivity index (χ3n) is 3.80. The summed E-state index contributed by atoms with van der Waals surface area (Å²) >= 11 is 1.61. The van der Waals surface area contributed by atoms with Gasteiger partial charge in [0, 0.05) is 17.5 Å². The minimum absolute atomic E-state index is 0.664. The first-order valence-corrected chi connectivity index (χ1v) is 8.63. The zero-order chi connectivity index (χ0) is 16.5. The number of rotatable bonds is 4. The number of nitrogens with one attached hydrogen (secondary N) is 1. The number of hydrogen-bond acceptors (Lipinski definition) is 5. The topological polar surface area (TPSA) is 67.6 Å². The first kappa shape index (κ1) is 15.0. The van der Waals surface area contributed by atoms with Crippen molar-refractivity contribution in [3.8, 4) is 11.5 Å². The van der Waals surface area contributed by atoms with Crippen molar-refractivity contribution in [2.75, 3.05) is 0 Å². The molecule has 0 amide bonds. The van der Waals surface area contributed by atoms with E-state index in [1.54, 1.807) is 24.2 Å². The molecule has 4 aromatic rings. The largest absolute Gasteiger partial charge is 0.441 e. The Morgan fingerprint density at radius 2 is 1.92 bits per heavy atom. The summed E-state index contributed by atoms with van der Waals surface area (Å²) in [6.45, 7) is 4.01. The van der Waals surface area contributed by atoms with Gasteiger partial charge in [0.05, 0.1) is 22.9 Å². The van der Waals surface area contributed by atoms with Crippen LogP contribution in [0.1, 0.15) is 17.0 Å². The first-order valence-electron chi connectivity index (χ1n) is 7.65. The second-order valence-corrected chi connectivity index (χ2v) is 6.58. The summed E-state index contributed by atoms with van der Waals surface area (Å²) < 4.78 is 5.82. The lowest BCUT2D eigenvalue weighted by atomic mass is 10.1. The highest BCUT2D eigenvalue weighted by atomic mass is 32.2. The molecule has 0 bridgehead atoms. The number of hydrogen-bond donors (Lipinski definition) is 1. The summed E-state index contributed by atoms with van der Waals surface area (Å²) in [7, 11) is 0. The Morgan fingerprint density at radius 3 is 2.71 bits per heavy atom. The average molecular weight is 336 g/mol. The van der Waals surface area contributed by atoms with E-state index >= 15 is 0 Å². The van der Waals surface area contributed by atoms with Crippen LogP contribution in [0.25, 0.3) is 22.5 Å². The molecule has 3 aromatic heterocycles. The number of thioether (sulfide) groups is 1. The van der Waals surface area contributed by atoms with Crippen molar-refractivity contribution < 1.29 is 4.42 Å². The highest BCUT2D eigenvalue weighted by Gasteiger charge is 2.13. The molecular weight excluding hydrogens is 320 g/mol. The number of aromatic nitrogens is 4. The molecule has 120 valence electrons. The average Bonchev–Trinajstić information content (AvgIpc) is 3.16. The fourth-order valence-electron chi connectivity index (χ4n) is 2.42. The Morgan fingerprint density at radius 1 is 1.08 bits per heavy atom. The van der Waals surface area contributed by atoms with Crippen LogP contribution in [0.2, 0.25) is 0 Å². The highest BCUT2D eigenvalue weighted by molar-refractivity contribution is 7.98. The van der Waals surface area contributed by atoms with Crippen LogP contribution in [-0.2, 0) is 5.75 Å². The van der Waals surface area contributed by atoms with Gasteiger partial charge in [0.25, 0.3) is 0 Å². The first-order chi connectivity index (χ1) is 11.7. The van der Waals surface area contributed by atoms with Crippen molar-refractivity contribution in [1.29, 1.82) is 0 Å². The van der Waals surface area contributed by atoms with Crippen molar-refractivity contribution in [3.05, 3.63) is 59.7 Å². The number of nitrogens with zero attached hydrogens (tertiary/aromatic N) is 3. The van der Waals surface area contributed by atoms with E-state index in [0.29, 0.717) is 11.6 Å². The quantitative estimate of drug-likeness (QED) is 0.555. The fraction of sp³-hybridized carbons (Fsp3) is 0.167. The Bertz CT molecular complexity index is 955. The van der Waals surface area contributed by atoms with E-state index in [-0.39, 0.29) is 0 Å². The van der Waals surface area contributed by atoms with Gasteiger partial charge >= 0.3 is 0 Å². The minimum Gasteiger partial charge on any atom is -0.441 e. The minimum atomic E-state index is 0.664. The van der Waals surface area contributed by atoms with Gasteiger partial charge in [0.1, 0.15) is 5.76 Å². The third-order valence-corrected chi connectivity index (χ3v) is 4.68. The molecule has 0 aliphatic heterocycles. The molecule has 0 spiro atoms. The zero-order valence-electron chi connectivity index (χ0n) is 13.4. The Kier molecular flexibility index (Phi) is 3.82. The Labute approximate surface area is 143 Å². The van der Waals surface area contributed by atoms with Gasteiger partial charge in [-0.15, -0.1) is 0 Å². The van der Waals surface area contributed by atoms with Gasteiger partial charge in [-0.25, -0.2) is 9.97 Å². The van der Waals surface area contributed by atoms with Crippen LogP contribution in [0.3, 0.4) is 0 Å². The maximum atomic E-state index is 5.82. The van der Waals surface area contributed by atoms with Crippen molar-refractivity contribution in [3.63, 3.8) is 0 Å². The molecule has 0 atom stereocenters. The van der Waals surface area contributed by atoms with Crippen LogP contribution in [-0.4, -0.2) is 19.9 Å². The number of pyridine rings is 1. The van der Waals surface area contributed by atoms with Crippen molar-refractivity contribution in [1.82, 2.24) is 19.9 Å². The number of oxazole rings is 1. The molecular formula is C18H16N4OS. The summed E-state index contributed by atoms with van der Waals surface area (Å²) in [5.41, 5.74) is 5.02. The van der Waals surface area contributed by atoms with Gasteiger partial charge in [-0.1, -0.05) is 29.5 Å². The SMILES string of the molecule is Cc1ccc(-c2nc(CSc3nc4ccncc4[nH]3)c(C)o2)cc1. The number of benzene rings is 1. The molecule has 24 heavy (non-hydrogen) atoms. The monoisotopic (exact) mass is 336 g/mol. The molecule has 0 radical (unpaired) electrons. The van der Waals surface area contributed by atoms with E-state index in [9.17, 15) is 0 Å². The molecule has 1 N–H and O–H groups in total. The standard InChI is InChI=1S/C18H16N4OS/c1-11-3-5-13(6-4-11)17-20-16(12(2)23-17)10-24-18-21-14-7-8-19-9-15(14)22-18/h3-9H,10H2,1-2H3,(H,21,22). The van der Waals surface area contributed by atoms with E-state index in [1.807, 2.05) is 25.1 Å². The van der Waals surface area contributed by atoms with Gasteiger partial charge in [0.15, 0.2) is 5.16 Å². The van der Waals surface area contributed by atoms with Crippen LogP contribution >= 0.6 is 11.8 Å². The molecule has 0 aliphatic rings. The lowest BCUT2D eigenvalue weighted by Crippen LogP contribution is -1.85. The van der Waals surface area contributed by atoms with Gasteiger partial charge in [-0.2, -0.15) is 0 Å². The second-order valence-electron chi connectivity index (χ2n) is 5.61. The van der Waals surface area contributed by atoms with Gasteiger partial charge in [-0.05, 0) is 32.0 Å². The summed E-state index contributed by atoms with van der Waals surface area (Å²) in [6, 6.07) is 10.1. The van der Waals surface area contributed by atoms with E-state index in [1.165, 1.54) is 5.56 Å². The smallest absolute Gasteiger partial charge is 0.226 e. The number of aromatic amines is 1. The highest BCUT2D eigenvalue weighted by Crippen LogP contribution is 2.27. The third kappa shape index (κ3) is 2.92. The molecule has 4 rings (SSSR count). The molecule has 0 saturated carbocycles. The normalized spacial score (nSPS) is 11.2. The van der Waals surface area contributed by atoms with E-state index in [0.717, 1.165) is 33.2 Å². The molecule has 5 nitrogen and oxygen atoms in total. The van der Waals surface area contributed by atoms with Gasteiger partial charge in [-0.3, -0.25) is 4.98 Å². The summed E-state index contributed by atoms with van der Waals surface area (Å²) in [5, 5.41) is 0.859. The number of H-pyrrole nitrogens is 1. The van der Waals surface area contributed by atoms with Crippen molar-refractivity contribution in [2.45, 2.75) is 24.8 Å². The molecule has 1 aromatic carbocycles. The van der Waals surface area contributed by atoms with Crippen LogP contribution < -0.4 is 0 Å². The Balaban J connectivity index is 1.53. The number of aryl methyl sites for hydroxylation is 2. The molecule has 0 aliphatic carbocycles. The zero-order valence-corrected chi connectivity index (χ0v) is 14.2. The lowest BCUT2D eigenvalue weighted by Gasteiger charge is -1.95. The summed E-state index contributed by atoms with van der Waals surface area (Å²) in [6.07, 6.45) is 3.52. The second kappa shape index (κ2) is 6.13. The van der Waals surface area contributed by atoms with Crippen LogP contribution in [0.5, 0.6) is 0 Å². The summed E-state index contributed by atoms with van der Waals surface area (Å²) in [5.74, 6) is 2.21. The fourth-order valence-corrected chi connectivity index (χ4v) is 3.31. The van der Waals surface area contributed by atoms with Gasteiger partial charge in [0.2, 0.25) is 5.89 Å². The van der Waals surface area contributed by atoms with E-state index in [2.05, 4.69) is 39.0 Å². The predicted octanol–water partition coefficient (Wildman–Crippen LogP) is 4.52. The van der Waals surface area contributed by atoms with Gasteiger partial charge < -0.3 is 9.40 Å². The maximum Gasteiger partial charge on any atom is 0.226 e. The molecule has 0 saturated heterocycles. The van der Waals surface area contributed by atoms with Crippen LogP contribution in [0, 0.1) is 13.8 Å². The van der Waals surface area contributed by atoms with Crippen molar-refractivity contribution in [2.24, 2.45) is 0 Å². The number of imidazole rings is 1.